The standard InChI is InChI=1S/C9H8BrN3O2/c10-7-3-1-2-6(12-7)5-13-8(14)4-11-9(13)15/h1-3H,4-5H2,(H,11,15). The fourth-order valence-corrected chi connectivity index (χ4v) is 1.70. The second kappa shape index (κ2) is 3.98. The first kappa shape index (κ1) is 10.1. The molecule has 0 radical (unpaired) electrons. The molecule has 1 saturated heterocycles. The molecule has 6 heteroatoms. The van der Waals surface area contributed by atoms with Crippen molar-refractivity contribution in [1.29, 1.82) is 0 Å². The molecule has 0 spiro atoms. The van der Waals surface area contributed by atoms with Gasteiger partial charge in [-0.15, -0.1) is 0 Å². The van der Waals surface area contributed by atoms with E-state index in [4.69, 9.17) is 0 Å². The number of nitrogens with one attached hydrogen (secondary N) is 1. The van der Waals surface area contributed by atoms with E-state index >= 15 is 0 Å². The SMILES string of the molecule is O=C1CNC(=O)N1Cc1cccc(Br)n1. The van der Waals surface area contributed by atoms with Gasteiger partial charge in [-0.1, -0.05) is 6.07 Å². The minimum absolute atomic E-state index is 0.0762. The van der Waals surface area contributed by atoms with Crippen LogP contribution in [0.15, 0.2) is 22.8 Å². The molecule has 0 aliphatic carbocycles. The second-order valence-electron chi connectivity index (χ2n) is 3.09. The molecule has 5 nitrogen and oxygen atoms in total. The summed E-state index contributed by atoms with van der Waals surface area (Å²) in [6.45, 7) is 0.289. The molecule has 3 amide bonds. The molecule has 1 aromatic rings. The van der Waals surface area contributed by atoms with Crippen molar-refractivity contribution in [3.63, 3.8) is 0 Å². The lowest BCUT2D eigenvalue weighted by molar-refractivity contribution is -0.125. The molecule has 1 aliphatic heterocycles. The zero-order chi connectivity index (χ0) is 10.8. The molecule has 0 bridgehead atoms. The Hall–Kier alpha value is -1.43. The number of rotatable bonds is 2. The maximum atomic E-state index is 11.3. The zero-order valence-electron chi connectivity index (χ0n) is 7.74. The lowest BCUT2D eigenvalue weighted by atomic mass is 10.3. The van der Waals surface area contributed by atoms with Crippen LogP contribution in [0.3, 0.4) is 0 Å². The van der Waals surface area contributed by atoms with E-state index in [1.165, 1.54) is 0 Å². The molecule has 2 rings (SSSR count). The lowest BCUT2D eigenvalue weighted by Gasteiger charge is -2.11. The highest BCUT2D eigenvalue weighted by Crippen LogP contribution is 2.10. The number of carbonyl (C=O) groups is 2. The van der Waals surface area contributed by atoms with Crippen LogP contribution in [0.25, 0.3) is 0 Å². The predicted octanol–water partition coefficient (Wildman–Crippen LogP) is 0.896. The molecule has 1 fully saturated rings. The van der Waals surface area contributed by atoms with Gasteiger partial charge in [0.15, 0.2) is 0 Å². The number of amides is 3. The monoisotopic (exact) mass is 269 g/mol. The Morgan fingerprint density at radius 2 is 2.27 bits per heavy atom. The van der Waals surface area contributed by atoms with Crippen molar-refractivity contribution in [2.24, 2.45) is 0 Å². The maximum absolute atomic E-state index is 11.3. The van der Waals surface area contributed by atoms with Gasteiger partial charge in [0.1, 0.15) is 4.60 Å². The molecule has 1 aromatic heterocycles. The first-order valence-corrected chi connectivity index (χ1v) is 5.16. The number of carbonyl (C=O) groups excluding carboxylic acids is 2. The molecule has 0 saturated carbocycles. The third-order valence-electron chi connectivity index (χ3n) is 2.03. The first-order chi connectivity index (χ1) is 7.16. The molecule has 1 N–H and O–H groups in total. The number of nitrogens with zero attached hydrogens (tertiary/aromatic N) is 2. The average Bonchev–Trinajstić information content (AvgIpc) is 2.50. The van der Waals surface area contributed by atoms with Crippen LogP contribution in [-0.4, -0.2) is 28.4 Å². The van der Waals surface area contributed by atoms with Gasteiger partial charge >= 0.3 is 6.03 Å². The Bertz CT molecular complexity index is 406. The molecule has 0 atom stereocenters. The van der Waals surface area contributed by atoms with Crippen molar-refractivity contribution in [3.8, 4) is 0 Å². The van der Waals surface area contributed by atoms with Crippen LogP contribution in [0.2, 0.25) is 0 Å². The molecule has 15 heavy (non-hydrogen) atoms. The number of hydrogen-bond donors (Lipinski definition) is 1. The van der Waals surface area contributed by atoms with Gasteiger partial charge in [0, 0.05) is 0 Å². The predicted molar refractivity (Wildman–Crippen MR) is 55.9 cm³/mol. The fraction of sp³-hybridized carbons (Fsp3) is 0.222. The topological polar surface area (TPSA) is 62.3 Å². The van der Waals surface area contributed by atoms with Crippen molar-refractivity contribution < 1.29 is 9.59 Å². The Morgan fingerprint density at radius 3 is 2.87 bits per heavy atom. The Morgan fingerprint density at radius 1 is 1.47 bits per heavy atom. The Kier molecular flexibility index (Phi) is 2.68. The quantitative estimate of drug-likeness (QED) is 0.641. The largest absolute Gasteiger partial charge is 0.329 e. The van der Waals surface area contributed by atoms with Crippen molar-refractivity contribution in [2.45, 2.75) is 6.54 Å². The van der Waals surface area contributed by atoms with Crippen LogP contribution in [-0.2, 0) is 11.3 Å². The van der Waals surface area contributed by atoms with Gasteiger partial charge in [0.2, 0.25) is 5.91 Å². The summed E-state index contributed by atoms with van der Waals surface area (Å²) in [4.78, 5) is 27.8. The van der Waals surface area contributed by atoms with E-state index in [0.717, 1.165) is 4.90 Å². The van der Waals surface area contributed by atoms with Crippen LogP contribution >= 0.6 is 15.9 Å². The van der Waals surface area contributed by atoms with Gasteiger partial charge in [-0.25, -0.2) is 9.78 Å². The maximum Gasteiger partial charge on any atom is 0.324 e. The Balaban J connectivity index is 2.15. The first-order valence-electron chi connectivity index (χ1n) is 4.36. The fourth-order valence-electron chi connectivity index (χ4n) is 1.32. The van der Waals surface area contributed by atoms with Crippen LogP contribution in [0, 0.1) is 0 Å². The van der Waals surface area contributed by atoms with Crippen molar-refractivity contribution in [1.82, 2.24) is 15.2 Å². The summed E-state index contributed by atoms with van der Waals surface area (Å²) in [5.41, 5.74) is 0.676. The highest BCUT2D eigenvalue weighted by Gasteiger charge is 2.28. The van der Waals surface area contributed by atoms with E-state index in [-0.39, 0.29) is 25.0 Å². The third kappa shape index (κ3) is 2.15. The van der Waals surface area contributed by atoms with Crippen LogP contribution in [0.4, 0.5) is 4.79 Å². The number of hydrogen-bond acceptors (Lipinski definition) is 3. The number of urea groups is 1. The van der Waals surface area contributed by atoms with E-state index in [0.29, 0.717) is 10.3 Å². The van der Waals surface area contributed by atoms with Gasteiger partial charge in [0.05, 0.1) is 18.8 Å². The number of aromatic nitrogens is 1. The summed E-state index contributed by atoms with van der Waals surface area (Å²) in [5, 5.41) is 2.45. The van der Waals surface area contributed by atoms with Crippen LogP contribution in [0.5, 0.6) is 0 Å². The zero-order valence-corrected chi connectivity index (χ0v) is 9.32. The normalized spacial score (nSPS) is 15.7. The summed E-state index contributed by atoms with van der Waals surface area (Å²) >= 11 is 3.23. The van der Waals surface area contributed by atoms with Crippen molar-refractivity contribution in [3.05, 3.63) is 28.5 Å². The second-order valence-corrected chi connectivity index (χ2v) is 3.90. The highest BCUT2D eigenvalue weighted by molar-refractivity contribution is 9.10. The van der Waals surface area contributed by atoms with Crippen LogP contribution in [0.1, 0.15) is 5.69 Å². The van der Waals surface area contributed by atoms with Gasteiger partial charge < -0.3 is 5.32 Å². The lowest BCUT2D eigenvalue weighted by Crippen LogP contribution is -2.30. The molecule has 0 unspecified atom stereocenters. The Labute approximate surface area is 94.6 Å². The van der Waals surface area contributed by atoms with E-state index in [9.17, 15) is 9.59 Å². The summed E-state index contributed by atoms with van der Waals surface area (Å²) in [6.07, 6.45) is 0. The highest BCUT2D eigenvalue weighted by atomic mass is 79.9. The molecule has 2 heterocycles. The number of halogens is 1. The van der Waals surface area contributed by atoms with E-state index in [1.54, 1.807) is 12.1 Å². The van der Waals surface area contributed by atoms with Crippen molar-refractivity contribution in [2.75, 3.05) is 6.54 Å². The number of imide groups is 1. The minimum atomic E-state index is -0.359. The molecule has 0 aromatic carbocycles. The summed E-state index contributed by atoms with van der Waals surface area (Å²) in [7, 11) is 0. The third-order valence-corrected chi connectivity index (χ3v) is 2.47. The minimum Gasteiger partial charge on any atom is -0.329 e. The molecular formula is C9H8BrN3O2. The van der Waals surface area contributed by atoms with Gasteiger partial charge in [-0.05, 0) is 28.1 Å². The molecule has 1 aliphatic rings. The van der Waals surface area contributed by atoms with E-state index in [2.05, 4.69) is 26.2 Å². The average molecular weight is 270 g/mol. The molecule has 78 valence electrons. The summed E-state index contributed by atoms with van der Waals surface area (Å²) < 4.78 is 0.687. The van der Waals surface area contributed by atoms with Crippen LogP contribution < -0.4 is 5.32 Å². The van der Waals surface area contributed by atoms with Gasteiger partial charge in [-0.3, -0.25) is 9.69 Å². The van der Waals surface area contributed by atoms with Gasteiger partial charge in [0.25, 0.3) is 0 Å². The van der Waals surface area contributed by atoms with E-state index < -0.39 is 0 Å². The van der Waals surface area contributed by atoms with Gasteiger partial charge in [-0.2, -0.15) is 0 Å². The molecular weight excluding hydrogens is 262 g/mol. The van der Waals surface area contributed by atoms with Crippen molar-refractivity contribution >= 4 is 27.9 Å². The summed E-state index contributed by atoms with van der Waals surface area (Å²) in [5.74, 6) is -0.221. The number of pyridine rings is 1. The smallest absolute Gasteiger partial charge is 0.324 e. The summed E-state index contributed by atoms with van der Waals surface area (Å²) in [6, 6.07) is 5.01. The van der Waals surface area contributed by atoms with E-state index in [1.807, 2.05) is 6.07 Å².